The summed E-state index contributed by atoms with van der Waals surface area (Å²) in [5.74, 6) is 2.74. The summed E-state index contributed by atoms with van der Waals surface area (Å²) in [6, 6.07) is 6.30. The Labute approximate surface area is 135 Å². The van der Waals surface area contributed by atoms with Crippen molar-refractivity contribution < 1.29 is 5.11 Å². The van der Waals surface area contributed by atoms with Gasteiger partial charge >= 0.3 is 0 Å². The third-order valence-corrected chi connectivity index (χ3v) is 6.85. The van der Waals surface area contributed by atoms with Crippen LogP contribution < -0.4 is 5.73 Å². The van der Waals surface area contributed by atoms with Crippen molar-refractivity contribution in [3.05, 3.63) is 33.8 Å². The van der Waals surface area contributed by atoms with Crippen molar-refractivity contribution in [3.63, 3.8) is 0 Å². The summed E-state index contributed by atoms with van der Waals surface area (Å²) in [6.07, 6.45) is 8.25. The van der Waals surface area contributed by atoms with E-state index in [2.05, 4.69) is 28.1 Å². The maximum Gasteiger partial charge on any atom is 0.0685 e. The Balaban J connectivity index is 1.70. The van der Waals surface area contributed by atoms with Crippen LogP contribution in [0.25, 0.3) is 0 Å². The van der Waals surface area contributed by atoms with Crippen molar-refractivity contribution in [2.24, 2.45) is 28.9 Å². The molecule has 114 valence electrons. The summed E-state index contributed by atoms with van der Waals surface area (Å²) in [5.41, 5.74) is 9.25. The summed E-state index contributed by atoms with van der Waals surface area (Å²) < 4.78 is 1.02. The van der Waals surface area contributed by atoms with Gasteiger partial charge < -0.3 is 10.8 Å². The number of benzene rings is 1. The molecule has 0 radical (unpaired) electrons. The van der Waals surface area contributed by atoms with E-state index in [1.807, 2.05) is 6.07 Å². The topological polar surface area (TPSA) is 46.2 Å². The number of hydrogen-bond donors (Lipinski definition) is 2. The maximum atomic E-state index is 9.70. The molecule has 3 heteroatoms. The zero-order chi connectivity index (χ0) is 14.6. The van der Waals surface area contributed by atoms with Crippen LogP contribution in [0.4, 0.5) is 0 Å². The van der Waals surface area contributed by atoms with Crippen LogP contribution >= 0.6 is 15.9 Å². The zero-order valence-electron chi connectivity index (χ0n) is 12.4. The first-order valence-electron chi connectivity index (χ1n) is 8.24. The third-order valence-electron chi connectivity index (χ3n) is 6.36. The Bertz CT molecular complexity index is 521. The molecule has 3 N–H and O–H groups in total. The maximum absolute atomic E-state index is 9.70. The van der Waals surface area contributed by atoms with E-state index in [1.54, 1.807) is 0 Å². The Morgan fingerprint density at radius 3 is 2.24 bits per heavy atom. The van der Waals surface area contributed by atoms with E-state index >= 15 is 0 Å². The Kier molecular flexibility index (Phi) is 3.44. The van der Waals surface area contributed by atoms with E-state index in [1.165, 1.54) is 44.1 Å². The van der Waals surface area contributed by atoms with Crippen molar-refractivity contribution in [2.45, 2.75) is 51.2 Å². The Hall–Kier alpha value is -0.380. The molecule has 1 unspecified atom stereocenters. The van der Waals surface area contributed by atoms with Gasteiger partial charge in [0.2, 0.25) is 0 Å². The second kappa shape index (κ2) is 5.07. The average molecular weight is 350 g/mol. The van der Waals surface area contributed by atoms with Gasteiger partial charge in [0.1, 0.15) is 0 Å². The second-order valence-electron chi connectivity index (χ2n) is 7.76. The molecular weight excluding hydrogens is 326 g/mol. The van der Waals surface area contributed by atoms with Gasteiger partial charge in [-0.2, -0.15) is 0 Å². The van der Waals surface area contributed by atoms with E-state index < -0.39 is 0 Å². The minimum absolute atomic E-state index is 0.0782. The van der Waals surface area contributed by atoms with Gasteiger partial charge in [-0.15, -0.1) is 0 Å². The van der Waals surface area contributed by atoms with Gasteiger partial charge in [-0.05, 0) is 85.0 Å². The molecule has 4 saturated carbocycles. The van der Waals surface area contributed by atoms with Crippen molar-refractivity contribution in [2.75, 3.05) is 0 Å². The lowest BCUT2D eigenvalue weighted by atomic mass is 9.47. The summed E-state index contributed by atoms with van der Waals surface area (Å²) in [6.45, 7) is 0.0782. The fourth-order valence-electron chi connectivity index (χ4n) is 5.90. The third kappa shape index (κ3) is 2.29. The summed E-state index contributed by atoms with van der Waals surface area (Å²) in [7, 11) is 0. The van der Waals surface area contributed by atoms with Gasteiger partial charge in [0, 0.05) is 10.5 Å². The number of hydrogen-bond acceptors (Lipinski definition) is 2. The van der Waals surface area contributed by atoms with E-state index in [0.29, 0.717) is 5.41 Å². The van der Waals surface area contributed by atoms with Crippen LogP contribution in [-0.2, 0) is 6.61 Å². The molecule has 4 aliphatic rings. The Morgan fingerprint density at radius 1 is 1.14 bits per heavy atom. The molecule has 4 aliphatic carbocycles. The highest BCUT2D eigenvalue weighted by Crippen LogP contribution is 2.63. The highest BCUT2D eigenvalue weighted by atomic mass is 79.9. The molecule has 2 nitrogen and oxygen atoms in total. The fourth-order valence-corrected chi connectivity index (χ4v) is 6.31. The lowest BCUT2D eigenvalue weighted by Gasteiger charge is -2.59. The van der Waals surface area contributed by atoms with E-state index in [-0.39, 0.29) is 12.6 Å². The SMILES string of the molecule is NC(c1ccc(Br)cc1CO)C12CC3CC(CC(C3)C1)C2. The van der Waals surface area contributed by atoms with E-state index in [9.17, 15) is 5.11 Å². The van der Waals surface area contributed by atoms with Crippen LogP contribution in [0.3, 0.4) is 0 Å². The highest BCUT2D eigenvalue weighted by Gasteiger charge is 2.53. The van der Waals surface area contributed by atoms with Gasteiger partial charge in [0.25, 0.3) is 0 Å². The van der Waals surface area contributed by atoms with Gasteiger partial charge in [-0.1, -0.05) is 22.0 Å². The molecule has 0 heterocycles. The van der Waals surface area contributed by atoms with Crippen LogP contribution in [0.1, 0.15) is 55.7 Å². The molecule has 1 atom stereocenters. The Morgan fingerprint density at radius 2 is 1.71 bits per heavy atom. The molecule has 5 rings (SSSR count). The summed E-state index contributed by atoms with van der Waals surface area (Å²) >= 11 is 3.50. The van der Waals surface area contributed by atoms with Crippen molar-refractivity contribution in [3.8, 4) is 0 Å². The molecule has 0 aliphatic heterocycles. The molecule has 0 amide bonds. The van der Waals surface area contributed by atoms with Crippen LogP contribution in [0.2, 0.25) is 0 Å². The first-order valence-corrected chi connectivity index (χ1v) is 9.04. The van der Waals surface area contributed by atoms with Crippen molar-refractivity contribution in [1.29, 1.82) is 0 Å². The van der Waals surface area contributed by atoms with Crippen LogP contribution in [0.5, 0.6) is 0 Å². The number of nitrogens with two attached hydrogens (primary N) is 1. The molecule has 1 aromatic carbocycles. The van der Waals surface area contributed by atoms with Crippen molar-refractivity contribution in [1.82, 2.24) is 0 Å². The molecular formula is C18H24BrNO. The number of rotatable bonds is 3. The minimum atomic E-state index is 0.0782. The smallest absolute Gasteiger partial charge is 0.0685 e. The quantitative estimate of drug-likeness (QED) is 0.860. The largest absolute Gasteiger partial charge is 0.392 e. The molecule has 4 bridgehead atoms. The van der Waals surface area contributed by atoms with Gasteiger partial charge in [0.15, 0.2) is 0 Å². The van der Waals surface area contributed by atoms with Crippen LogP contribution in [-0.4, -0.2) is 5.11 Å². The monoisotopic (exact) mass is 349 g/mol. The predicted molar refractivity (Wildman–Crippen MR) is 87.6 cm³/mol. The second-order valence-corrected chi connectivity index (χ2v) is 8.67. The zero-order valence-corrected chi connectivity index (χ0v) is 14.0. The summed E-state index contributed by atoms with van der Waals surface area (Å²) in [5, 5.41) is 9.70. The van der Waals surface area contributed by atoms with E-state index in [4.69, 9.17) is 5.73 Å². The molecule has 21 heavy (non-hydrogen) atoms. The lowest BCUT2D eigenvalue weighted by Crippen LogP contribution is -2.51. The molecule has 1 aromatic rings. The predicted octanol–water partition coefficient (Wildman–Crippen LogP) is 4.16. The van der Waals surface area contributed by atoms with Crippen molar-refractivity contribution >= 4 is 15.9 Å². The van der Waals surface area contributed by atoms with Crippen LogP contribution in [0.15, 0.2) is 22.7 Å². The number of aliphatic hydroxyl groups is 1. The average Bonchev–Trinajstić information content (AvgIpc) is 2.45. The highest BCUT2D eigenvalue weighted by molar-refractivity contribution is 9.10. The first-order chi connectivity index (χ1) is 10.1. The van der Waals surface area contributed by atoms with Crippen LogP contribution in [0, 0.1) is 23.2 Å². The summed E-state index contributed by atoms with van der Waals surface area (Å²) in [4.78, 5) is 0. The minimum Gasteiger partial charge on any atom is -0.392 e. The van der Waals surface area contributed by atoms with Gasteiger partial charge in [0.05, 0.1) is 6.61 Å². The number of halogens is 1. The lowest BCUT2D eigenvalue weighted by molar-refractivity contribution is -0.0680. The molecule has 0 saturated heterocycles. The van der Waals surface area contributed by atoms with E-state index in [0.717, 1.165) is 27.8 Å². The van der Waals surface area contributed by atoms with Gasteiger partial charge in [-0.3, -0.25) is 0 Å². The number of aliphatic hydroxyl groups excluding tert-OH is 1. The fraction of sp³-hybridized carbons (Fsp3) is 0.667. The standard InChI is InChI=1S/C18H24BrNO/c19-15-1-2-16(14(6-15)10-21)17(20)18-7-11-3-12(8-18)5-13(4-11)9-18/h1-2,6,11-13,17,21H,3-5,7-10,20H2. The normalized spacial score (nSPS) is 38.7. The van der Waals surface area contributed by atoms with Gasteiger partial charge in [-0.25, -0.2) is 0 Å². The molecule has 0 aromatic heterocycles. The molecule has 4 fully saturated rings. The molecule has 0 spiro atoms. The first kappa shape index (κ1) is 14.2.